The summed E-state index contributed by atoms with van der Waals surface area (Å²) in [6.45, 7) is 3.73. The molecule has 0 saturated carbocycles. The number of hydrogen-bond donors (Lipinski definition) is 2. The van der Waals surface area contributed by atoms with Crippen molar-refractivity contribution in [3.63, 3.8) is 0 Å². The fourth-order valence-corrected chi connectivity index (χ4v) is 4.16. The van der Waals surface area contributed by atoms with E-state index in [4.69, 9.17) is 14.2 Å². The lowest BCUT2D eigenvalue weighted by atomic mass is 10.0. The second kappa shape index (κ2) is 14.0. The third-order valence-electron chi connectivity index (χ3n) is 6.00. The Bertz CT molecular complexity index is 1070. The molecule has 1 aliphatic heterocycles. The number of amides is 2. The van der Waals surface area contributed by atoms with Crippen LogP contribution in [0.4, 0.5) is 8.78 Å². The molecule has 0 aliphatic carbocycles. The molecule has 1 saturated heterocycles. The maximum absolute atomic E-state index is 13.6. The molecular weight excluding hydrogens is 500 g/mol. The van der Waals surface area contributed by atoms with Gasteiger partial charge >= 0.3 is 0 Å². The minimum absolute atomic E-state index is 0.000628. The van der Waals surface area contributed by atoms with Gasteiger partial charge in [-0.25, -0.2) is 8.78 Å². The molecule has 2 aromatic rings. The molecule has 3 rings (SSSR count). The van der Waals surface area contributed by atoms with Crippen molar-refractivity contribution >= 4 is 11.8 Å². The van der Waals surface area contributed by atoms with Crippen LogP contribution in [0.3, 0.4) is 0 Å². The van der Waals surface area contributed by atoms with Gasteiger partial charge in [-0.15, -0.1) is 0 Å². The normalized spacial score (nSPS) is 18.1. The average Bonchev–Trinajstić information content (AvgIpc) is 3.04. The summed E-state index contributed by atoms with van der Waals surface area (Å²) in [6.07, 6.45) is 0.693. The number of halogens is 2. The van der Waals surface area contributed by atoms with Crippen LogP contribution < -0.4 is 14.8 Å². The molecule has 11 heteroatoms. The number of benzene rings is 2. The highest BCUT2D eigenvalue weighted by Gasteiger charge is 2.37. The Hall–Kier alpha value is -3.28. The van der Waals surface area contributed by atoms with E-state index in [1.165, 1.54) is 25.0 Å². The molecule has 1 unspecified atom stereocenters. The highest BCUT2D eigenvalue weighted by molar-refractivity contribution is 5.77. The largest absolute Gasteiger partial charge is 0.494 e. The van der Waals surface area contributed by atoms with Gasteiger partial charge in [0.15, 0.2) is 11.6 Å². The van der Waals surface area contributed by atoms with Crippen molar-refractivity contribution in [2.24, 2.45) is 0 Å². The van der Waals surface area contributed by atoms with Crippen LogP contribution in [0, 0.1) is 11.6 Å². The van der Waals surface area contributed by atoms with Crippen LogP contribution in [0.15, 0.2) is 42.5 Å². The summed E-state index contributed by atoms with van der Waals surface area (Å²) in [5, 5.41) is 14.2. The molecule has 9 nitrogen and oxygen atoms in total. The van der Waals surface area contributed by atoms with E-state index in [9.17, 15) is 23.5 Å². The second-order valence-electron chi connectivity index (χ2n) is 9.38. The Morgan fingerprint density at radius 3 is 2.45 bits per heavy atom. The van der Waals surface area contributed by atoms with Gasteiger partial charge in [-0.2, -0.15) is 0 Å². The number of carbonyl (C=O) groups excluding carboxylic acids is 2. The first-order valence-electron chi connectivity index (χ1n) is 12.4. The zero-order valence-corrected chi connectivity index (χ0v) is 21.8. The minimum Gasteiger partial charge on any atom is -0.494 e. The topological polar surface area (TPSA) is 101 Å². The molecule has 1 atom stereocenters. The number of rotatable bonds is 12. The Morgan fingerprint density at radius 1 is 1.03 bits per heavy atom. The fourth-order valence-electron chi connectivity index (χ4n) is 4.16. The van der Waals surface area contributed by atoms with E-state index in [-0.39, 0.29) is 43.9 Å². The van der Waals surface area contributed by atoms with Gasteiger partial charge in [0, 0.05) is 52.8 Å². The van der Waals surface area contributed by atoms with Crippen LogP contribution >= 0.6 is 0 Å². The van der Waals surface area contributed by atoms with E-state index < -0.39 is 17.2 Å². The molecule has 2 aromatic carbocycles. The lowest BCUT2D eigenvalue weighted by Gasteiger charge is -2.33. The number of carbonyl (C=O) groups is 2. The third kappa shape index (κ3) is 9.23. The number of methoxy groups -OCH3 is 1. The molecule has 1 fully saturated rings. The van der Waals surface area contributed by atoms with E-state index >= 15 is 0 Å². The molecule has 1 heterocycles. The maximum atomic E-state index is 13.6. The molecule has 208 valence electrons. The van der Waals surface area contributed by atoms with Crippen LogP contribution in [0.1, 0.15) is 18.9 Å². The van der Waals surface area contributed by atoms with Crippen LogP contribution in [0.5, 0.6) is 11.5 Å². The molecule has 0 spiro atoms. The Balaban J connectivity index is 1.63. The molecule has 0 radical (unpaired) electrons. The standard InChI is InChI=1S/C27H35F2N3O6/c1-20(33)30-10-3-13-37-22-6-4-21(5-7-22)15-31-11-12-32(26(34)16-36-2)18-27(35,17-31)19-38-23-8-9-24(28)25(29)14-23/h4-9,14,35H,3,10-13,15-19H2,1-2H3,(H,30,33). The number of aliphatic hydroxyl groups is 1. The summed E-state index contributed by atoms with van der Waals surface area (Å²) in [5.74, 6) is -1.59. The first kappa shape index (κ1) is 29.3. The SMILES string of the molecule is COCC(=O)N1CCN(Cc2ccc(OCCCNC(C)=O)cc2)CC(O)(COc2ccc(F)c(F)c2)C1. The zero-order valence-electron chi connectivity index (χ0n) is 21.8. The second-order valence-corrected chi connectivity index (χ2v) is 9.38. The lowest BCUT2D eigenvalue weighted by Crippen LogP contribution is -2.52. The van der Waals surface area contributed by atoms with E-state index in [0.717, 1.165) is 17.7 Å². The van der Waals surface area contributed by atoms with Gasteiger partial charge in [0.25, 0.3) is 0 Å². The number of ether oxygens (including phenoxy) is 3. The van der Waals surface area contributed by atoms with E-state index in [1.807, 2.05) is 29.2 Å². The van der Waals surface area contributed by atoms with Gasteiger partial charge in [-0.1, -0.05) is 12.1 Å². The van der Waals surface area contributed by atoms with E-state index in [1.54, 1.807) is 0 Å². The summed E-state index contributed by atoms with van der Waals surface area (Å²) in [6, 6.07) is 10.7. The van der Waals surface area contributed by atoms with Crippen molar-refractivity contribution in [2.45, 2.75) is 25.5 Å². The van der Waals surface area contributed by atoms with Crippen molar-refractivity contribution < 1.29 is 37.7 Å². The Kier molecular flexibility index (Phi) is 10.8. The average molecular weight is 536 g/mol. The lowest BCUT2D eigenvalue weighted by molar-refractivity contribution is -0.138. The maximum Gasteiger partial charge on any atom is 0.248 e. The van der Waals surface area contributed by atoms with Gasteiger partial charge in [-0.3, -0.25) is 14.5 Å². The minimum atomic E-state index is -1.47. The van der Waals surface area contributed by atoms with Crippen LogP contribution in [-0.2, 0) is 20.9 Å². The smallest absolute Gasteiger partial charge is 0.248 e. The monoisotopic (exact) mass is 535 g/mol. The molecule has 38 heavy (non-hydrogen) atoms. The zero-order chi connectivity index (χ0) is 27.5. The molecule has 0 aromatic heterocycles. The molecule has 2 amide bonds. The Morgan fingerprint density at radius 2 is 1.76 bits per heavy atom. The number of hydrogen-bond acceptors (Lipinski definition) is 7. The number of nitrogens with zero attached hydrogens (tertiary/aromatic N) is 2. The third-order valence-corrected chi connectivity index (χ3v) is 6.00. The van der Waals surface area contributed by atoms with Crippen LogP contribution in [0.25, 0.3) is 0 Å². The molecule has 2 N–H and O–H groups in total. The summed E-state index contributed by atoms with van der Waals surface area (Å²) < 4.78 is 43.2. The summed E-state index contributed by atoms with van der Waals surface area (Å²) >= 11 is 0. The van der Waals surface area contributed by atoms with Crippen molar-refractivity contribution in [3.8, 4) is 11.5 Å². The molecular formula is C27H35F2N3O6. The van der Waals surface area contributed by atoms with Crippen molar-refractivity contribution in [1.29, 1.82) is 0 Å². The van der Waals surface area contributed by atoms with Crippen molar-refractivity contribution in [3.05, 3.63) is 59.7 Å². The van der Waals surface area contributed by atoms with Crippen molar-refractivity contribution in [2.75, 3.05) is 59.7 Å². The van der Waals surface area contributed by atoms with Crippen LogP contribution in [0.2, 0.25) is 0 Å². The number of nitrogens with one attached hydrogen (secondary N) is 1. The first-order valence-corrected chi connectivity index (χ1v) is 12.4. The predicted molar refractivity (Wildman–Crippen MR) is 136 cm³/mol. The highest BCUT2D eigenvalue weighted by Crippen LogP contribution is 2.22. The van der Waals surface area contributed by atoms with Gasteiger partial charge in [0.05, 0.1) is 13.2 Å². The molecule has 0 bridgehead atoms. The number of β-amino-alcohol motifs (C(OH)–C–C–N with tert-alkyl or cyclic N) is 1. The first-order chi connectivity index (χ1) is 18.2. The summed E-state index contributed by atoms with van der Waals surface area (Å²) in [4.78, 5) is 27.0. The van der Waals surface area contributed by atoms with Gasteiger partial charge in [0.1, 0.15) is 30.3 Å². The summed E-state index contributed by atoms with van der Waals surface area (Å²) in [5.41, 5.74) is -0.488. The fraction of sp³-hybridized carbons (Fsp3) is 0.481. The van der Waals surface area contributed by atoms with E-state index in [2.05, 4.69) is 5.32 Å². The molecule has 1 aliphatic rings. The van der Waals surface area contributed by atoms with Gasteiger partial charge in [0.2, 0.25) is 11.8 Å². The highest BCUT2D eigenvalue weighted by atomic mass is 19.2. The van der Waals surface area contributed by atoms with E-state index in [0.29, 0.717) is 45.0 Å². The van der Waals surface area contributed by atoms with Crippen LogP contribution in [-0.4, -0.2) is 92.0 Å². The van der Waals surface area contributed by atoms with Gasteiger partial charge < -0.3 is 29.5 Å². The van der Waals surface area contributed by atoms with Gasteiger partial charge in [-0.05, 0) is 36.2 Å². The summed E-state index contributed by atoms with van der Waals surface area (Å²) in [7, 11) is 1.43. The predicted octanol–water partition coefficient (Wildman–Crippen LogP) is 1.97. The Labute approximate surface area is 221 Å². The van der Waals surface area contributed by atoms with Crippen molar-refractivity contribution in [1.82, 2.24) is 15.1 Å². The quantitative estimate of drug-likeness (QED) is 0.401.